The number of rotatable bonds is 4. The Labute approximate surface area is 157 Å². The second-order valence-electron chi connectivity index (χ2n) is 7.43. The smallest absolute Gasteiger partial charge is 0.327 e. The number of imide groups is 1. The third-order valence-corrected chi connectivity index (χ3v) is 6.77. The maximum atomic E-state index is 12.8. The molecule has 26 heavy (non-hydrogen) atoms. The van der Waals surface area contributed by atoms with Crippen LogP contribution < -0.4 is 0 Å². The molecule has 4 rings (SSSR count). The molecule has 4 amide bonds. The Bertz CT molecular complexity index is 684. The molecule has 0 bridgehead atoms. The largest absolute Gasteiger partial charge is 0.338 e. The van der Waals surface area contributed by atoms with Gasteiger partial charge in [-0.2, -0.15) is 0 Å². The Morgan fingerprint density at radius 3 is 2.69 bits per heavy atom. The van der Waals surface area contributed by atoms with Crippen molar-refractivity contribution >= 4 is 29.2 Å². The fourth-order valence-electron chi connectivity index (χ4n) is 4.34. The summed E-state index contributed by atoms with van der Waals surface area (Å²) in [5.41, 5.74) is 0. The molecule has 1 aromatic rings. The Kier molecular flexibility index (Phi) is 4.98. The van der Waals surface area contributed by atoms with Crippen LogP contribution in [0.3, 0.4) is 0 Å². The highest BCUT2D eigenvalue weighted by molar-refractivity contribution is 7.09. The standard InChI is InChI=1S/C19H25N3O3S/c23-17(14-5-2-1-3-6-14)20-10-11-21-16(13-20)18(24)22(19(21)25)9-8-15-7-4-12-26-15/h4,7,12,14,16H,1-3,5-6,8-11,13H2/t16-/m0/s1. The monoisotopic (exact) mass is 375 g/mol. The summed E-state index contributed by atoms with van der Waals surface area (Å²) in [6.45, 7) is 1.78. The SMILES string of the molecule is O=C(C1CCCCC1)N1CCN2C(=O)N(CCc3cccs3)C(=O)[C@@H]2C1. The van der Waals surface area contributed by atoms with Gasteiger partial charge in [-0.15, -0.1) is 11.3 Å². The van der Waals surface area contributed by atoms with E-state index in [4.69, 9.17) is 0 Å². The molecule has 0 unspecified atom stereocenters. The van der Waals surface area contributed by atoms with Crippen LogP contribution in [0.4, 0.5) is 4.79 Å². The van der Waals surface area contributed by atoms with Gasteiger partial charge in [0.2, 0.25) is 5.91 Å². The minimum Gasteiger partial charge on any atom is -0.338 e. The highest BCUT2D eigenvalue weighted by Gasteiger charge is 2.48. The number of hydrogen-bond acceptors (Lipinski definition) is 4. The molecule has 1 saturated carbocycles. The molecule has 2 aliphatic heterocycles. The lowest BCUT2D eigenvalue weighted by molar-refractivity contribution is -0.140. The van der Waals surface area contributed by atoms with Gasteiger partial charge in [-0.3, -0.25) is 14.5 Å². The number of thiophene rings is 1. The average Bonchev–Trinajstić information content (AvgIpc) is 3.28. The van der Waals surface area contributed by atoms with Crippen LogP contribution in [0.2, 0.25) is 0 Å². The molecule has 7 heteroatoms. The molecule has 140 valence electrons. The van der Waals surface area contributed by atoms with Crippen molar-refractivity contribution in [2.24, 2.45) is 5.92 Å². The topological polar surface area (TPSA) is 60.9 Å². The third kappa shape index (κ3) is 3.24. The van der Waals surface area contributed by atoms with Gasteiger partial charge in [0.1, 0.15) is 6.04 Å². The maximum absolute atomic E-state index is 12.8. The summed E-state index contributed by atoms with van der Waals surface area (Å²) in [5, 5.41) is 2.00. The van der Waals surface area contributed by atoms with Gasteiger partial charge >= 0.3 is 6.03 Å². The number of hydrogen-bond donors (Lipinski definition) is 0. The summed E-state index contributed by atoms with van der Waals surface area (Å²) in [4.78, 5) is 44.2. The van der Waals surface area contributed by atoms with Gasteiger partial charge < -0.3 is 9.80 Å². The van der Waals surface area contributed by atoms with E-state index in [9.17, 15) is 14.4 Å². The van der Waals surface area contributed by atoms with E-state index in [0.717, 1.165) is 25.7 Å². The molecular formula is C19H25N3O3S. The Morgan fingerprint density at radius 2 is 1.96 bits per heavy atom. The highest BCUT2D eigenvalue weighted by Crippen LogP contribution is 2.28. The van der Waals surface area contributed by atoms with Gasteiger partial charge in [-0.25, -0.2) is 4.79 Å². The van der Waals surface area contributed by atoms with Gasteiger partial charge in [-0.1, -0.05) is 25.3 Å². The van der Waals surface area contributed by atoms with E-state index in [1.165, 1.54) is 16.2 Å². The van der Waals surface area contributed by atoms with Crippen LogP contribution in [0.15, 0.2) is 17.5 Å². The zero-order valence-corrected chi connectivity index (χ0v) is 15.7. The number of piperazine rings is 1. The summed E-state index contributed by atoms with van der Waals surface area (Å²) >= 11 is 1.64. The van der Waals surface area contributed by atoms with E-state index in [-0.39, 0.29) is 23.8 Å². The Hall–Kier alpha value is -1.89. The fraction of sp³-hybridized carbons (Fsp3) is 0.632. The van der Waals surface area contributed by atoms with Crippen LogP contribution in [0, 0.1) is 5.92 Å². The van der Waals surface area contributed by atoms with E-state index in [2.05, 4.69) is 0 Å². The van der Waals surface area contributed by atoms with Crippen LogP contribution in [0.1, 0.15) is 37.0 Å². The number of urea groups is 1. The highest BCUT2D eigenvalue weighted by atomic mass is 32.1. The predicted molar refractivity (Wildman–Crippen MR) is 98.8 cm³/mol. The van der Waals surface area contributed by atoms with Gasteiger partial charge in [0, 0.05) is 30.4 Å². The summed E-state index contributed by atoms with van der Waals surface area (Å²) < 4.78 is 0. The number of amides is 4. The van der Waals surface area contributed by atoms with Crippen LogP contribution in [0.5, 0.6) is 0 Å². The second-order valence-corrected chi connectivity index (χ2v) is 8.46. The second kappa shape index (κ2) is 7.39. The van der Waals surface area contributed by atoms with Crippen molar-refractivity contribution in [2.45, 2.75) is 44.6 Å². The number of nitrogens with zero attached hydrogens (tertiary/aromatic N) is 3. The first-order chi connectivity index (χ1) is 12.6. The van der Waals surface area contributed by atoms with Gasteiger partial charge in [0.05, 0.1) is 6.54 Å². The number of carbonyl (C=O) groups excluding carboxylic acids is 3. The molecule has 1 aliphatic carbocycles. The first kappa shape index (κ1) is 17.5. The van der Waals surface area contributed by atoms with E-state index in [0.29, 0.717) is 32.6 Å². The molecular weight excluding hydrogens is 350 g/mol. The molecule has 3 aliphatic rings. The van der Waals surface area contributed by atoms with E-state index in [1.807, 2.05) is 22.4 Å². The van der Waals surface area contributed by atoms with Crippen molar-refractivity contribution in [1.29, 1.82) is 0 Å². The van der Waals surface area contributed by atoms with E-state index >= 15 is 0 Å². The van der Waals surface area contributed by atoms with Crippen molar-refractivity contribution in [3.63, 3.8) is 0 Å². The van der Waals surface area contributed by atoms with Gasteiger partial charge in [0.15, 0.2) is 0 Å². The first-order valence-electron chi connectivity index (χ1n) is 9.58. The zero-order chi connectivity index (χ0) is 18.1. The fourth-order valence-corrected chi connectivity index (χ4v) is 5.04. The molecule has 1 atom stereocenters. The molecule has 3 heterocycles. The van der Waals surface area contributed by atoms with Crippen molar-refractivity contribution < 1.29 is 14.4 Å². The third-order valence-electron chi connectivity index (χ3n) is 5.84. The lowest BCUT2D eigenvalue weighted by Gasteiger charge is -2.37. The first-order valence-corrected chi connectivity index (χ1v) is 10.5. The maximum Gasteiger partial charge on any atom is 0.327 e. The normalized spacial score (nSPS) is 24.3. The molecule has 0 N–H and O–H groups in total. The summed E-state index contributed by atoms with van der Waals surface area (Å²) in [6, 6.07) is 3.31. The molecule has 6 nitrogen and oxygen atoms in total. The molecule has 0 radical (unpaired) electrons. The quantitative estimate of drug-likeness (QED) is 0.759. The Morgan fingerprint density at radius 1 is 1.15 bits per heavy atom. The summed E-state index contributed by atoms with van der Waals surface area (Å²) in [6.07, 6.45) is 6.07. The predicted octanol–water partition coefficient (Wildman–Crippen LogP) is 2.35. The van der Waals surface area contributed by atoms with Crippen molar-refractivity contribution in [3.8, 4) is 0 Å². The zero-order valence-electron chi connectivity index (χ0n) is 14.9. The minimum absolute atomic E-state index is 0.109. The minimum atomic E-state index is -0.493. The average molecular weight is 375 g/mol. The van der Waals surface area contributed by atoms with Crippen LogP contribution in [-0.4, -0.2) is 64.8 Å². The number of fused-ring (bicyclic) bond motifs is 1. The molecule has 2 saturated heterocycles. The lowest BCUT2D eigenvalue weighted by Crippen LogP contribution is -2.55. The van der Waals surface area contributed by atoms with Crippen molar-refractivity contribution in [1.82, 2.24) is 14.7 Å². The number of carbonyl (C=O) groups is 3. The molecule has 0 aromatic carbocycles. The Balaban J connectivity index is 1.39. The summed E-state index contributed by atoms with van der Waals surface area (Å²) in [5.74, 6) is 0.145. The molecule has 1 aromatic heterocycles. The molecule has 0 spiro atoms. The molecule has 3 fully saturated rings. The summed E-state index contributed by atoms with van der Waals surface area (Å²) in [7, 11) is 0. The van der Waals surface area contributed by atoms with Crippen LogP contribution in [0.25, 0.3) is 0 Å². The lowest BCUT2D eigenvalue weighted by atomic mass is 9.88. The van der Waals surface area contributed by atoms with Crippen LogP contribution in [-0.2, 0) is 16.0 Å². The van der Waals surface area contributed by atoms with E-state index in [1.54, 1.807) is 16.2 Å². The van der Waals surface area contributed by atoms with Crippen molar-refractivity contribution in [3.05, 3.63) is 22.4 Å². The van der Waals surface area contributed by atoms with Crippen molar-refractivity contribution in [2.75, 3.05) is 26.2 Å². The van der Waals surface area contributed by atoms with Gasteiger partial charge in [-0.05, 0) is 30.7 Å². The van der Waals surface area contributed by atoms with E-state index < -0.39 is 6.04 Å². The van der Waals surface area contributed by atoms with Gasteiger partial charge in [0.25, 0.3) is 5.91 Å². The van der Waals surface area contributed by atoms with Crippen LogP contribution >= 0.6 is 11.3 Å².